The van der Waals surface area contributed by atoms with E-state index in [2.05, 4.69) is 5.32 Å². The van der Waals surface area contributed by atoms with Crippen LogP contribution in [0, 0.1) is 0 Å². The second kappa shape index (κ2) is 8.09. The zero-order chi connectivity index (χ0) is 21.6. The van der Waals surface area contributed by atoms with Crippen molar-refractivity contribution in [3.05, 3.63) is 24.3 Å². The fourth-order valence-electron chi connectivity index (χ4n) is 3.07. The highest BCUT2D eigenvalue weighted by atomic mass is 14.9. The van der Waals surface area contributed by atoms with Crippen LogP contribution in [0.2, 0.25) is 0 Å². The van der Waals surface area contributed by atoms with Gasteiger partial charge in [0.2, 0.25) is 0 Å². The largest absolute Gasteiger partial charge is 0.356 e. The lowest BCUT2D eigenvalue weighted by Gasteiger charge is -2.26. The average Bonchev–Trinajstić information content (AvgIpc) is 2.72. The maximum Gasteiger partial charge on any atom is 0.115 e. The summed E-state index contributed by atoms with van der Waals surface area (Å²) >= 11 is 0. The van der Waals surface area contributed by atoms with Crippen molar-refractivity contribution < 1.29 is 0 Å². The van der Waals surface area contributed by atoms with Gasteiger partial charge >= 0.3 is 0 Å². The Labute approximate surface area is 185 Å². The third-order valence-corrected chi connectivity index (χ3v) is 4.85. The first-order chi connectivity index (χ1) is 13.6. The van der Waals surface area contributed by atoms with E-state index >= 15 is 0 Å². The van der Waals surface area contributed by atoms with Crippen LogP contribution in [0.1, 0.15) is 0 Å². The van der Waals surface area contributed by atoms with Crippen LogP contribution in [-0.4, -0.2) is 78.5 Å². The summed E-state index contributed by atoms with van der Waals surface area (Å²) in [6.45, 7) is 0. The summed E-state index contributed by atoms with van der Waals surface area (Å²) in [5.41, 5.74) is 3.33. The molecule has 0 aliphatic rings. The van der Waals surface area contributed by atoms with E-state index in [0.717, 1.165) is 0 Å². The molecule has 0 atom stereocenters. The van der Waals surface area contributed by atoms with E-state index in [4.69, 9.17) is 78.5 Å². The Balaban J connectivity index is 2.25. The highest BCUT2D eigenvalue weighted by Crippen LogP contribution is 2.26. The molecule has 0 bridgehead atoms. The quantitative estimate of drug-likeness (QED) is 0.466. The Morgan fingerprint density at radius 3 is 1.31 bits per heavy atom. The van der Waals surface area contributed by atoms with Crippen LogP contribution < -0.4 is 59.9 Å². The molecule has 0 saturated heterocycles. The molecule has 1 N–H and O–H groups in total. The first-order valence-electron chi connectivity index (χ1n) is 8.46. The van der Waals surface area contributed by atoms with Crippen LogP contribution in [-0.2, 0) is 0 Å². The topological polar surface area (TPSA) is 12.0 Å². The van der Waals surface area contributed by atoms with E-state index in [-0.39, 0.29) is 54.6 Å². The van der Waals surface area contributed by atoms with E-state index in [1.807, 2.05) is 0 Å². The van der Waals surface area contributed by atoms with Crippen molar-refractivity contribution in [1.82, 2.24) is 0 Å². The van der Waals surface area contributed by atoms with E-state index in [0.29, 0.717) is 22.5 Å². The van der Waals surface area contributed by atoms with Gasteiger partial charge in [-0.15, -0.1) is 32.8 Å². The molecule has 0 amide bonds. The Hall–Kier alpha value is -1.89. The van der Waals surface area contributed by atoms with Crippen molar-refractivity contribution >= 4 is 144 Å². The predicted molar refractivity (Wildman–Crippen MR) is 135 cm³/mol. The van der Waals surface area contributed by atoms with Gasteiger partial charge in [0.05, 0.1) is 0 Å². The number of nitrogens with one attached hydrogen (secondary N) is 1. The minimum atomic E-state index is 0.117. The Kier molecular flexibility index (Phi) is 6.08. The maximum absolute atomic E-state index is 6.20. The molecule has 1 nitrogen and oxygen atoms in total. The molecule has 0 heterocycles. The second-order valence-electron chi connectivity index (χ2n) is 6.56. The first kappa shape index (κ1) is 21.8. The molecule has 29 heavy (non-hydrogen) atoms. The minimum absolute atomic E-state index is 0.117. The summed E-state index contributed by atoms with van der Waals surface area (Å²) < 4.78 is 0. The number of hydrogen-bond acceptors (Lipinski definition) is 1. The smallest absolute Gasteiger partial charge is 0.115 e. The van der Waals surface area contributed by atoms with Crippen molar-refractivity contribution in [1.29, 1.82) is 0 Å². The number of anilines is 2. The van der Waals surface area contributed by atoms with Crippen LogP contribution in [0.25, 0.3) is 11.1 Å². The SMILES string of the molecule is [B]c1c([B])c([B])c(Nc2ccccc2-c2c([B])c([B])c([B])c([B])c2[B])c([B])c1[B]. The number of rotatable bonds is 3. The Morgan fingerprint density at radius 2 is 0.828 bits per heavy atom. The van der Waals surface area contributed by atoms with Crippen LogP contribution in [0.5, 0.6) is 0 Å². The van der Waals surface area contributed by atoms with Gasteiger partial charge in [0.25, 0.3) is 0 Å². The van der Waals surface area contributed by atoms with Crippen molar-refractivity contribution in [3.8, 4) is 11.1 Å². The lowest BCUT2D eigenvalue weighted by atomic mass is 9.59. The summed E-state index contributed by atoms with van der Waals surface area (Å²) in [5, 5.41) is 3.13. The molecule has 0 spiro atoms. The highest BCUT2D eigenvalue weighted by Gasteiger charge is 2.16. The minimum Gasteiger partial charge on any atom is -0.356 e. The zero-order valence-corrected chi connectivity index (χ0v) is 15.6. The van der Waals surface area contributed by atoms with Gasteiger partial charge in [-0.05, 0) is 11.6 Å². The monoisotopic (exact) mass is 345 g/mol. The van der Waals surface area contributed by atoms with Gasteiger partial charge in [-0.1, -0.05) is 40.1 Å². The van der Waals surface area contributed by atoms with Gasteiger partial charge in [0, 0.05) is 16.9 Å². The Bertz CT molecular complexity index is 1080. The lowest BCUT2D eigenvalue weighted by Crippen LogP contribution is -2.55. The van der Waals surface area contributed by atoms with Crippen LogP contribution in [0.3, 0.4) is 0 Å². The normalized spacial score (nSPS) is 10.8. The molecule has 3 aromatic carbocycles. The van der Waals surface area contributed by atoms with Crippen LogP contribution in [0.4, 0.5) is 11.4 Å². The van der Waals surface area contributed by atoms with E-state index in [9.17, 15) is 0 Å². The molecule has 3 aromatic rings. The molecular weight excluding hydrogens is 338 g/mol. The molecule has 112 valence electrons. The number of para-hydroxylation sites is 1. The molecule has 0 aromatic heterocycles. The molecule has 20 radical (unpaired) electrons. The van der Waals surface area contributed by atoms with Crippen molar-refractivity contribution in [2.45, 2.75) is 0 Å². The summed E-state index contributed by atoms with van der Waals surface area (Å²) in [7, 11) is 60.2. The zero-order valence-electron chi connectivity index (χ0n) is 15.6. The van der Waals surface area contributed by atoms with Crippen molar-refractivity contribution in [2.24, 2.45) is 0 Å². The third kappa shape index (κ3) is 3.58. The number of benzene rings is 3. The predicted octanol–water partition coefficient (Wildman–Crippen LogP) is -6.96. The summed E-state index contributed by atoms with van der Waals surface area (Å²) in [5.74, 6) is 0. The van der Waals surface area contributed by atoms with E-state index < -0.39 is 0 Å². The van der Waals surface area contributed by atoms with Gasteiger partial charge in [-0.25, -0.2) is 0 Å². The molecule has 3 rings (SSSR count). The van der Waals surface area contributed by atoms with Gasteiger partial charge in [0.15, 0.2) is 0 Å². The molecule has 0 unspecified atom stereocenters. The molecule has 0 fully saturated rings. The van der Waals surface area contributed by atoms with Gasteiger partial charge in [-0.2, -0.15) is 0 Å². The molecule has 0 saturated carbocycles. The van der Waals surface area contributed by atoms with E-state index in [1.165, 1.54) is 0 Å². The maximum atomic E-state index is 6.20. The first-order valence-corrected chi connectivity index (χ1v) is 8.46. The highest BCUT2D eigenvalue weighted by molar-refractivity contribution is 6.70. The number of hydrogen-bond donors (Lipinski definition) is 1. The third-order valence-electron chi connectivity index (χ3n) is 4.85. The average molecular weight is 343 g/mol. The second-order valence-corrected chi connectivity index (χ2v) is 6.56. The summed E-state index contributed by atoms with van der Waals surface area (Å²) in [4.78, 5) is 0. The molecule has 11 heteroatoms. The fraction of sp³-hybridized carbons (Fsp3) is 0. The summed E-state index contributed by atoms with van der Waals surface area (Å²) in [6, 6.07) is 7.12. The van der Waals surface area contributed by atoms with Crippen LogP contribution in [0.15, 0.2) is 24.3 Å². The van der Waals surface area contributed by atoms with Crippen molar-refractivity contribution in [3.63, 3.8) is 0 Å². The van der Waals surface area contributed by atoms with Crippen molar-refractivity contribution in [2.75, 3.05) is 5.32 Å². The van der Waals surface area contributed by atoms with Gasteiger partial charge in [0.1, 0.15) is 78.5 Å². The molecule has 0 aliphatic carbocycles. The standard InChI is InChI=1S/C18H5B10N/c19-8-7(9(20)11(22)12(23)10(8)21)5-3-1-2-4-6(5)29-18-16(27)14(25)13(24)15(26)17(18)28/h1-4,29H. The van der Waals surface area contributed by atoms with E-state index in [1.54, 1.807) is 24.3 Å². The van der Waals surface area contributed by atoms with Gasteiger partial charge < -0.3 is 5.32 Å². The lowest BCUT2D eigenvalue weighted by molar-refractivity contribution is 1.59. The molecular formula is C18H5B10N. The summed E-state index contributed by atoms with van der Waals surface area (Å²) in [6.07, 6.45) is 0. The van der Waals surface area contributed by atoms with Gasteiger partial charge in [-0.3, -0.25) is 0 Å². The fourth-order valence-corrected chi connectivity index (χ4v) is 3.07. The molecule has 0 aliphatic heterocycles. The van der Waals surface area contributed by atoms with Crippen LogP contribution >= 0.6 is 0 Å². The Morgan fingerprint density at radius 1 is 0.448 bits per heavy atom.